The molecule has 2 aliphatic carbocycles. The van der Waals surface area contributed by atoms with E-state index in [-0.39, 0.29) is 0 Å². The van der Waals surface area contributed by atoms with Crippen LogP contribution in [0.2, 0.25) is 0 Å². The molecule has 2 aliphatic rings. The van der Waals surface area contributed by atoms with E-state index in [1.165, 1.54) is 25.7 Å². The van der Waals surface area contributed by atoms with E-state index in [9.17, 15) is 0 Å². The first-order chi connectivity index (χ1) is 9.74. The van der Waals surface area contributed by atoms with Gasteiger partial charge in [-0.1, -0.05) is 6.42 Å². The van der Waals surface area contributed by atoms with Crippen molar-refractivity contribution in [3.63, 3.8) is 0 Å². The minimum atomic E-state index is 0.386. The molecule has 106 valence electrons. The van der Waals surface area contributed by atoms with Crippen molar-refractivity contribution in [3.05, 3.63) is 23.2 Å². The molecule has 4 atom stereocenters. The van der Waals surface area contributed by atoms with E-state index >= 15 is 0 Å². The summed E-state index contributed by atoms with van der Waals surface area (Å²) in [5.41, 5.74) is 0. The Morgan fingerprint density at radius 2 is 2.35 bits per heavy atom. The first-order valence-electron chi connectivity index (χ1n) is 7.45. The second-order valence-corrected chi connectivity index (χ2v) is 6.67. The molecule has 2 saturated carbocycles. The normalized spacial score (nSPS) is 29.9. The average molecular weight is 289 g/mol. The molecular formula is C15H19N3OS. The number of fused-ring (bicyclic) bond motifs is 2. The van der Waals surface area contributed by atoms with Gasteiger partial charge >= 0.3 is 0 Å². The summed E-state index contributed by atoms with van der Waals surface area (Å²) in [5.74, 6) is 4.16. The van der Waals surface area contributed by atoms with Gasteiger partial charge < -0.3 is 4.42 Å². The topological polar surface area (TPSA) is 46.8 Å². The highest BCUT2D eigenvalue weighted by Gasteiger charge is 2.42. The largest absolute Gasteiger partial charge is 0.461 e. The summed E-state index contributed by atoms with van der Waals surface area (Å²) in [7, 11) is 0. The van der Waals surface area contributed by atoms with Crippen molar-refractivity contribution in [1.82, 2.24) is 14.8 Å². The Balaban J connectivity index is 1.71. The molecule has 20 heavy (non-hydrogen) atoms. The molecule has 5 heteroatoms. The number of nitrogens with one attached hydrogen (secondary N) is 1. The predicted octanol–water partition coefficient (Wildman–Crippen LogP) is 4.20. The van der Waals surface area contributed by atoms with E-state index in [0.29, 0.717) is 10.8 Å². The average Bonchev–Trinajstić information content (AvgIpc) is 3.21. The highest BCUT2D eigenvalue weighted by molar-refractivity contribution is 7.71. The van der Waals surface area contributed by atoms with Crippen molar-refractivity contribution in [2.45, 2.75) is 38.6 Å². The Bertz CT molecular complexity index is 657. The smallest absolute Gasteiger partial charge is 0.198 e. The molecule has 0 aliphatic heterocycles. The van der Waals surface area contributed by atoms with Crippen molar-refractivity contribution < 1.29 is 4.42 Å². The van der Waals surface area contributed by atoms with Crippen LogP contribution in [-0.4, -0.2) is 14.8 Å². The quantitative estimate of drug-likeness (QED) is 0.861. The third kappa shape index (κ3) is 1.79. The number of aromatic nitrogens is 3. The number of rotatable bonds is 3. The number of furan rings is 1. The van der Waals surface area contributed by atoms with E-state index in [2.05, 4.69) is 21.7 Å². The van der Waals surface area contributed by atoms with Crippen LogP contribution >= 0.6 is 12.2 Å². The Morgan fingerprint density at radius 3 is 3.00 bits per heavy atom. The minimum absolute atomic E-state index is 0.386. The predicted molar refractivity (Wildman–Crippen MR) is 78.8 cm³/mol. The highest BCUT2D eigenvalue weighted by Crippen LogP contribution is 2.52. The Labute approximate surface area is 123 Å². The van der Waals surface area contributed by atoms with Crippen molar-refractivity contribution in [1.29, 1.82) is 0 Å². The van der Waals surface area contributed by atoms with Crippen LogP contribution in [-0.2, 0) is 0 Å². The molecule has 2 fully saturated rings. The monoisotopic (exact) mass is 289 g/mol. The number of hydrogen-bond acceptors (Lipinski definition) is 3. The number of aromatic amines is 1. The Kier molecular flexibility index (Phi) is 2.84. The van der Waals surface area contributed by atoms with Crippen LogP contribution in [0.25, 0.3) is 11.6 Å². The maximum atomic E-state index is 5.50. The number of hydrogen-bond donors (Lipinski definition) is 1. The summed E-state index contributed by atoms with van der Waals surface area (Å²) in [5, 5.41) is 7.29. The molecule has 0 spiro atoms. The molecule has 2 aromatic rings. The second-order valence-electron chi connectivity index (χ2n) is 6.28. The van der Waals surface area contributed by atoms with E-state index in [4.69, 9.17) is 16.6 Å². The summed E-state index contributed by atoms with van der Waals surface area (Å²) >= 11 is 5.45. The van der Waals surface area contributed by atoms with Gasteiger partial charge in [-0.3, -0.25) is 9.67 Å². The summed E-state index contributed by atoms with van der Waals surface area (Å²) in [4.78, 5) is 0. The maximum absolute atomic E-state index is 5.50. The molecule has 2 heterocycles. The molecule has 2 bridgehead atoms. The first-order valence-corrected chi connectivity index (χ1v) is 7.85. The van der Waals surface area contributed by atoms with E-state index in [0.717, 1.165) is 29.3 Å². The highest BCUT2D eigenvalue weighted by atomic mass is 32.1. The van der Waals surface area contributed by atoms with Gasteiger partial charge in [-0.05, 0) is 68.3 Å². The zero-order valence-corrected chi connectivity index (χ0v) is 12.4. The summed E-state index contributed by atoms with van der Waals surface area (Å²) in [6.45, 7) is 2.28. The Hall–Kier alpha value is -1.36. The van der Waals surface area contributed by atoms with Crippen LogP contribution in [0, 0.1) is 22.5 Å². The van der Waals surface area contributed by atoms with Crippen LogP contribution in [0.3, 0.4) is 0 Å². The van der Waals surface area contributed by atoms with Crippen LogP contribution in [0.1, 0.15) is 38.6 Å². The van der Waals surface area contributed by atoms with E-state index in [1.807, 2.05) is 12.1 Å². The second kappa shape index (κ2) is 4.58. The zero-order valence-electron chi connectivity index (χ0n) is 11.6. The van der Waals surface area contributed by atoms with Gasteiger partial charge in [0.1, 0.15) is 0 Å². The lowest BCUT2D eigenvalue weighted by atomic mass is 9.84. The lowest BCUT2D eigenvalue weighted by molar-refractivity contribution is 0.242. The maximum Gasteiger partial charge on any atom is 0.198 e. The van der Waals surface area contributed by atoms with Gasteiger partial charge in [-0.2, -0.15) is 5.10 Å². The molecule has 0 radical (unpaired) electrons. The van der Waals surface area contributed by atoms with Crippen LogP contribution in [0.15, 0.2) is 22.8 Å². The van der Waals surface area contributed by atoms with Crippen molar-refractivity contribution in [3.8, 4) is 11.6 Å². The van der Waals surface area contributed by atoms with Crippen molar-refractivity contribution in [2.75, 3.05) is 0 Å². The fourth-order valence-corrected chi connectivity index (χ4v) is 4.64. The fraction of sp³-hybridized carbons (Fsp3) is 0.600. The third-order valence-corrected chi connectivity index (χ3v) is 5.55. The molecule has 0 saturated heterocycles. The van der Waals surface area contributed by atoms with E-state index in [1.54, 1.807) is 6.26 Å². The van der Waals surface area contributed by atoms with Gasteiger partial charge in [0.05, 0.1) is 6.26 Å². The van der Waals surface area contributed by atoms with Crippen LogP contribution < -0.4 is 0 Å². The fourth-order valence-electron chi connectivity index (χ4n) is 4.34. The summed E-state index contributed by atoms with van der Waals surface area (Å²) in [6, 6.07) is 4.21. The minimum Gasteiger partial charge on any atom is -0.461 e. The van der Waals surface area contributed by atoms with Gasteiger partial charge in [0.2, 0.25) is 0 Å². The lowest BCUT2D eigenvalue weighted by Crippen LogP contribution is -2.22. The molecule has 1 N–H and O–H groups in total. The van der Waals surface area contributed by atoms with Crippen molar-refractivity contribution in [2.24, 2.45) is 17.8 Å². The number of H-pyrrole nitrogens is 1. The van der Waals surface area contributed by atoms with Crippen LogP contribution in [0.4, 0.5) is 0 Å². The molecular weight excluding hydrogens is 270 g/mol. The van der Waals surface area contributed by atoms with Gasteiger partial charge in [0.25, 0.3) is 0 Å². The summed E-state index contributed by atoms with van der Waals surface area (Å²) in [6.07, 6.45) is 7.25. The SMILES string of the molecule is C[C@@H]([C@@H]1CC2CC[C@H]1C2)n1c(-c2ccco2)n[nH]c1=S. The van der Waals surface area contributed by atoms with Crippen molar-refractivity contribution >= 4 is 12.2 Å². The first kappa shape index (κ1) is 12.4. The molecule has 1 unspecified atom stereocenters. The van der Waals surface area contributed by atoms with Gasteiger partial charge in [0.15, 0.2) is 16.4 Å². The third-order valence-electron chi connectivity index (χ3n) is 5.27. The van der Waals surface area contributed by atoms with Gasteiger partial charge in [-0.15, -0.1) is 0 Å². The molecule has 2 aromatic heterocycles. The Morgan fingerprint density at radius 1 is 1.45 bits per heavy atom. The number of nitrogens with zero attached hydrogens (tertiary/aromatic N) is 2. The van der Waals surface area contributed by atoms with Gasteiger partial charge in [-0.25, -0.2) is 0 Å². The molecule has 4 rings (SSSR count). The van der Waals surface area contributed by atoms with E-state index < -0.39 is 0 Å². The molecule has 0 aromatic carbocycles. The molecule has 0 amide bonds. The zero-order chi connectivity index (χ0) is 13.7. The van der Waals surface area contributed by atoms with Crippen LogP contribution in [0.5, 0.6) is 0 Å². The van der Waals surface area contributed by atoms with Gasteiger partial charge in [0, 0.05) is 6.04 Å². The standard InChI is InChI=1S/C15H19N3OS/c1-9(12-8-10-4-5-11(12)7-10)18-14(16-17-15(18)20)13-3-2-6-19-13/h2-3,6,9-12H,4-5,7-8H2,1H3,(H,17,20)/t9-,10?,11-,12-/m0/s1. The molecule has 4 nitrogen and oxygen atoms in total. The summed E-state index contributed by atoms with van der Waals surface area (Å²) < 4.78 is 8.35. The lowest BCUT2D eigenvalue weighted by Gasteiger charge is -2.29.